The minimum atomic E-state index is -0.674. The average Bonchev–Trinajstić information content (AvgIpc) is 2.87. The van der Waals surface area contributed by atoms with Crippen molar-refractivity contribution in [3.05, 3.63) is 99.5 Å². The minimum Gasteiger partial charge on any atom is -0.494 e. The first kappa shape index (κ1) is 27.6. The molecule has 0 aliphatic heterocycles. The molecular formula is C29H32Cl2N2O3. The maximum atomic E-state index is 13.5. The number of ether oxygens (including phenoxy) is 1. The predicted octanol–water partition coefficient (Wildman–Crippen LogP) is 6.24. The van der Waals surface area contributed by atoms with Crippen molar-refractivity contribution in [2.45, 2.75) is 45.7 Å². The molecule has 0 aromatic heterocycles. The molecule has 36 heavy (non-hydrogen) atoms. The third-order valence-corrected chi connectivity index (χ3v) is 6.52. The summed E-state index contributed by atoms with van der Waals surface area (Å²) in [5, 5.41) is 3.74. The van der Waals surface area contributed by atoms with E-state index in [1.54, 1.807) is 17.0 Å². The molecule has 0 aliphatic carbocycles. The van der Waals surface area contributed by atoms with Crippen LogP contribution in [0.25, 0.3) is 0 Å². The summed E-state index contributed by atoms with van der Waals surface area (Å²) in [6, 6.07) is 22.1. The summed E-state index contributed by atoms with van der Waals surface area (Å²) in [5.74, 6) is 0.455. The second-order valence-corrected chi connectivity index (χ2v) is 9.45. The average molecular weight is 527 g/mol. The number of nitrogens with zero attached hydrogens (tertiary/aromatic N) is 1. The van der Waals surface area contributed by atoms with Crippen molar-refractivity contribution in [3.8, 4) is 5.75 Å². The van der Waals surface area contributed by atoms with Gasteiger partial charge in [0.05, 0.1) is 16.7 Å². The third kappa shape index (κ3) is 8.28. The van der Waals surface area contributed by atoms with Gasteiger partial charge in [0.15, 0.2) is 0 Å². The highest BCUT2D eigenvalue weighted by atomic mass is 35.5. The number of rotatable bonds is 12. The summed E-state index contributed by atoms with van der Waals surface area (Å²) in [4.78, 5) is 28.3. The normalized spacial score (nSPS) is 11.6. The fourth-order valence-electron chi connectivity index (χ4n) is 3.87. The lowest BCUT2D eigenvalue weighted by atomic mass is 10.0. The Balaban J connectivity index is 1.78. The number of hydrogen-bond acceptors (Lipinski definition) is 3. The first-order valence-electron chi connectivity index (χ1n) is 12.1. The predicted molar refractivity (Wildman–Crippen MR) is 146 cm³/mol. The molecule has 0 aliphatic rings. The van der Waals surface area contributed by atoms with E-state index in [4.69, 9.17) is 27.9 Å². The second-order valence-electron chi connectivity index (χ2n) is 8.64. The summed E-state index contributed by atoms with van der Waals surface area (Å²) < 4.78 is 5.80. The highest BCUT2D eigenvalue weighted by Crippen LogP contribution is 2.24. The van der Waals surface area contributed by atoms with E-state index >= 15 is 0 Å². The Morgan fingerprint density at radius 2 is 1.67 bits per heavy atom. The van der Waals surface area contributed by atoms with Crippen LogP contribution in [-0.4, -0.2) is 35.9 Å². The molecule has 190 valence electrons. The highest BCUT2D eigenvalue weighted by molar-refractivity contribution is 6.42. The van der Waals surface area contributed by atoms with Gasteiger partial charge in [-0.25, -0.2) is 0 Å². The van der Waals surface area contributed by atoms with Crippen molar-refractivity contribution < 1.29 is 14.3 Å². The lowest BCUT2D eigenvalue weighted by molar-refractivity contribution is -0.141. The van der Waals surface area contributed by atoms with Crippen LogP contribution in [0.5, 0.6) is 5.75 Å². The van der Waals surface area contributed by atoms with E-state index in [9.17, 15) is 9.59 Å². The first-order chi connectivity index (χ1) is 17.4. The van der Waals surface area contributed by atoms with Gasteiger partial charge in [-0.15, -0.1) is 0 Å². The van der Waals surface area contributed by atoms with E-state index in [0.717, 1.165) is 22.4 Å². The van der Waals surface area contributed by atoms with Gasteiger partial charge in [0.1, 0.15) is 11.8 Å². The monoisotopic (exact) mass is 526 g/mol. The van der Waals surface area contributed by atoms with Gasteiger partial charge in [0, 0.05) is 25.9 Å². The van der Waals surface area contributed by atoms with Crippen LogP contribution in [0.4, 0.5) is 0 Å². The van der Waals surface area contributed by atoms with Crippen LogP contribution >= 0.6 is 23.2 Å². The quantitative estimate of drug-likeness (QED) is 0.284. The van der Waals surface area contributed by atoms with Gasteiger partial charge in [-0.05, 0) is 55.7 Å². The van der Waals surface area contributed by atoms with E-state index in [1.807, 2.05) is 74.5 Å². The van der Waals surface area contributed by atoms with E-state index in [2.05, 4.69) is 5.32 Å². The topological polar surface area (TPSA) is 58.6 Å². The molecule has 1 N–H and O–H groups in total. The molecule has 3 aromatic carbocycles. The van der Waals surface area contributed by atoms with Gasteiger partial charge >= 0.3 is 0 Å². The Bertz CT molecular complexity index is 1140. The SMILES string of the molecule is CCNC(=O)C(Cc1ccccc1)N(Cc1ccc(Cl)c(Cl)c1)C(=O)CCCOc1ccc(C)cc1. The Morgan fingerprint density at radius 3 is 2.33 bits per heavy atom. The Kier molecular flexibility index (Phi) is 10.6. The summed E-state index contributed by atoms with van der Waals surface area (Å²) in [6.45, 7) is 5.00. The standard InChI is InChI=1S/C29H32Cl2N2O3/c1-3-32-29(35)27(19-22-8-5-4-6-9-22)33(20-23-13-16-25(30)26(31)18-23)28(34)10-7-17-36-24-14-11-21(2)12-15-24/h4-6,8-9,11-16,18,27H,3,7,10,17,19-20H2,1-2H3,(H,32,35). The number of nitrogens with one attached hydrogen (secondary N) is 1. The van der Waals surface area contributed by atoms with Crippen molar-refractivity contribution in [3.63, 3.8) is 0 Å². The zero-order valence-corrected chi connectivity index (χ0v) is 22.2. The van der Waals surface area contributed by atoms with Crippen molar-refractivity contribution >= 4 is 35.0 Å². The van der Waals surface area contributed by atoms with E-state index in [1.165, 1.54) is 0 Å². The van der Waals surface area contributed by atoms with Gasteiger partial charge in [-0.3, -0.25) is 9.59 Å². The van der Waals surface area contributed by atoms with Crippen LogP contribution in [0, 0.1) is 6.92 Å². The molecule has 0 fully saturated rings. The minimum absolute atomic E-state index is 0.124. The van der Waals surface area contributed by atoms with Gasteiger partial charge in [0.25, 0.3) is 0 Å². The Labute approximate surface area is 223 Å². The molecule has 7 heteroatoms. The number of likely N-dealkylation sites (N-methyl/N-ethyl adjacent to an activating group) is 1. The number of carbonyl (C=O) groups excluding carboxylic acids is 2. The molecule has 3 aromatic rings. The highest BCUT2D eigenvalue weighted by Gasteiger charge is 2.30. The number of carbonyl (C=O) groups is 2. The van der Waals surface area contributed by atoms with Gasteiger partial charge in [0.2, 0.25) is 11.8 Å². The molecule has 0 saturated heterocycles. The number of aryl methyl sites for hydroxylation is 1. The summed E-state index contributed by atoms with van der Waals surface area (Å²) in [6.07, 6.45) is 1.18. The summed E-state index contributed by atoms with van der Waals surface area (Å²) >= 11 is 12.3. The molecule has 1 unspecified atom stereocenters. The summed E-state index contributed by atoms with van der Waals surface area (Å²) in [7, 11) is 0. The van der Waals surface area contributed by atoms with Crippen LogP contribution in [0.3, 0.4) is 0 Å². The number of halogens is 2. The Morgan fingerprint density at radius 1 is 0.944 bits per heavy atom. The van der Waals surface area contributed by atoms with Crippen molar-refractivity contribution in [2.24, 2.45) is 0 Å². The fourth-order valence-corrected chi connectivity index (χ4v) is 4.19. The lowest BCUT2D eigenvalue weighted by Gasteiger charge is -2.31. The van der Waals surface area contributed by atoms with E-state index < -0.39 is 6.04 Å². The smallest absolute Gasteiger partial charge is 0.243 e. The molecule has 0 heterocycles. The molecular weight excluding hydrogens is 495 g/mol. The molecule has 0 spiro atoms. The van der Waals surface area contributed by atoms with Crippen molar-refractivity contribution in [1.29, 1.82) is 0 Å². The van der Waals surface area contributed by atoms with Crippen LogP contribution < -0.4 is 10.1 Å². The van der Waals surface area contributed by atoms with Crippen LogP contribution in [-0.2, 0) is 22.6 Å². The molecule has 0 bridgehead atoms. The van der Waals surface area contributed by atoms with Gasteiger partial charge in [-0.2, -0.15) is 0 Å². The molecule has 3 rings (SSSR count). The van der Waals surface area contributed by atoms with Crippen molar-refractivity contribution in [2.75, 3.05) is 13.2 Å². The lowest BCUT2D eigenvalue weighted by Crippen LogP contribution is -2.50. The number of benzene rings is 3. The maximum Gasteiger partial charge on any atom is 0.243 e. The van der Waals surface area contributed by atoms with Crippen LogP contribution in [0.15, 0.2) is 72.8 Å². The van der Waals surface area contributed by atoms with E-state index in [-0.39, 0.29) is 24.8 Å². The number of hydrogen-bond donors (Lipinski definition) is 1. The molecule has 5 nitrogen and oxygen atoms in total. The third-order valence-electron chi connectivity index (χ3n) is 5.78. The van der Waals surface area contributed by atoms with Crippen LogP contribution in [0.1, 0.15) is 36.5 Å². The Hall–Kier alpha value is -3.02. The first-order valence-corrected chi connectivity index (χ1v) is 12.9. The van der Waals surface area contributed by atoms with Crippen LogP contribution in [0.2, 0.25) is 10.0 Å². The molecule has 0 saturated carbocycles. The molecule has 1 atom stereocenters. The van der Waals surface area contributed by atoms with E-state index in [0.29, 0.717) is 36.0 Å². The van der Waals surface area contributed by atoms with Gasteiger partial charge in [-0.1, -0.05) is 77.3 Å². The second kappa shape index (κ2) is 13.9. The zero-order valence-electron chi connectivity index (χ0n) is 20.7. The van der Waals surface area contributed by atoms with Gasteiger partial charge < -0.3 is 15.0 Å². The van der Waals surface area contributed by atoms with Crippen molar-refractivity contribution in [1.82, 2.24) is 10.2 Å². The number of amides is 2. The largest absolute Gasteiger partial charge is 0.494 e. The zero-order chi connectivity index (χ0) is 25.9. The fraction of sp³-hybridized carbons (Fsp3) is 0.310. The summed E-state index contributed by atoms with van der Waals surface area (Å²) in [5.41, 5.74) is 2.93. The molecule has 2 amide bonds. The maximum absolute atomic E-state index is 13.5. The molecule has 0 radical (unpaired) electrons.